The summed E-state index contributed by atoms with van der Waals surface area (Å²) >= 11 is 0. The number of allylic oxidation sites excluding steroid dienone is 1. The smallest absolute Gasteiger partial charge is 0.399 e. The van der Waals surface area contributed by atoms with E-state index in [-0.39, 0.29) is 11.4 Å². The number of aromatic nitrogens is 4. The molecular weight excluding hydrogens is 347 g/mol. The van der Waals surface area contributed by atoms with Crippen LogP contribution in [0.15, 0.2) is 24.4 Å². The Bertz CT molecular complexity index is 901. The molecule has 10 heteroatoms. The predicted molar refractivity (Wildman–Crippen MR) is 98.9 cm³/mol. The number of nitrogens with zero attached hydrogens (tertiary/aromatic N) is 4. The minimum atomic E-state index is -0.563. The van der Waals surface area contributed by atoms with Crippen molar-refractivity contribution in [3.63, 3.8) is 0 Å². The van der Waals surface area contributed by atoms with Gasteiger partial charge in [0.2, 0.25) is 5.82 Å². The number of nitrogens with one attached hydrogen (secondary N) is 2. The molecule has 2 N–H and O–H groups in total. The minimum Gasteiger partial charge on any atom is -0.399 e. The van der Waals surface area contributed by atoms with Crippen LogP contribution in [0, 0.1) is 11.3 Å². The highest BCUT2D eigenvalue weighted by Gasteiger charge is 2.51. The minimum absolute atomic E-state index is 0.159. The van der Waals surface area contributed by atoms with Gasteiger partial charge in [0.15, 0.2) is 6.29 Å². The number of hydrogen-bond donors (Lipinski definition) is 2. The van der Waals surface area contributed by atoms with E-state index in [9.17, 15) is 10.1 Å². The third-order valence-corrected chi connectivity index (χ3v) is 4.81. The summed E-state index contributed by atoms with van der Waals surface area (Å²) in [5.74, 6) is 0.159. The molecular formula is C17H19BN6O3. The van der Waals surface area contributed by atoms with E-state index in [0.717, 1.165) is 11.7 Å². The Morgan fingerprint density at radius 1 is 1.30 bits per heavy atom. The second kappa shape index (κ2) is 6.94. The van der Waals surface area contributed by atoms with Gasteiger partial charge < -0.3 is 14.6 Å². The number of aromatic amines is 1. The molecule has 0 bridgehead atoms. The quantitative estimate of drug-likeness (QED) is 0.461. The molecule has 1 aromatic heterocycles. The molecule has 0 unspecified atom stereocenters. The first-order valence-corrected chi connectivity index (χ1v) is 8.33. The highest BCUT2D eigenvalue weighted by Crippen LogP contribution is 2.36. The number of tetrazole rings is 1. The van der Waals surface area contributed by atoms with Crippen molar-refractivity contribution in [2.24, 2.45) is 0 Å². The number of carbonyl (C=O) groups excluding carboxylic acids is 1. The number of H-pyrrole nitrogens is 1. The van der Waals surface area contributed by atoms with E-state index in [1.54, 1.807) is 12.1 Å². The van der Waals surface area contributed by atoms with Crippen molar-refractivity contribution in [1.29, 1.82) is 5.26 Å². The van der Waals surface area contributed by atoms with Gasteiger partial charge >= 0.3 is 7.12 Å². The van der Waals surface area contributed by atoms with E-state index in [4.69, 9.17) is 9.31 Å². The molecule has 1 fully saturated rings. The fourth-order valence-electron chi connectivity index (χ4n) is 2.51. The maximum absolute atomic E-state index is 11.5. The molecule has 0 atom stereocenters. The Morgan fingerprint density at radius 2 is 2.00 bits per heavy atom. The van der Waals surface area contributed by atoms with Crippen molar-refractivity contribution in [3.8, 4) is 6.07 Å². The van der Waals surface area contributed by atoms with Crippen LogP contribution in [-0.2, 0) is 9.31 Å². The summed E-state index contributed by atoms with van der Waals surface area (Å²) < 4.78 is 12.0. The molecule has 0 aliphatic carbocycles. The number of anilines is 1. The summed E-state index contributed by atoms with van der Waals surface area (Å²) in [5, 5.41) is 25.4. The van der Waals surface area contributed by atoms with Gasteiger partial charge in [-0.25, -0.2) is 0 Å². The number of nitriles is 1. The number of rotatable bonds is 5. The highest BCUT2D eigenvalue weighted by molar-refractivity contribution is 6.62. The molecule has 0 spiro atoms. The zero-order chi connectivity index (χ0) is 19.7. The van der Waals surface area contributed by atoms with Gasteiger partial charge in [0.1, 0.15) is 11.6 Å². The molecule has 1 aliphatic rings. The second-order valence-electron chi connectivity index (χ2n) is 7.10. The fourth-order valence-corrected chi connectivity index (χ4v) is 2.51. The van der Waals surface area contributed by atoms with E-state index in [0.29, 0.717) is 11.3 Å². The maximum atomic E-state index is 11.5. The van der Waals surface area contributed by atoms with Gasteiger partial charge in [-0.3, -0.25) is 4.79 Å². The Kier molecular flexibility index (Phi) is 4.82. The Labute approximate surface area is 156 Å². The number of hydrogen-bond acceptors (Lipinski definition) is 8. The van der Waals surface area contributed by atoms with E-state index in [1.807, 2.05) is 39.8 Å². The molecule has 27 heavy (non-hydrogen) atoms. The second-order valence-corrected chi connectivity index (χ2v) is 7.10. The van der Waals surface area contributed by atoms with Crippen LogP contribution < -0.4 is 10.8 Å². The van der Waals surface area contributed by atoms with Crippen molar-refractivity contribution in [2.45, 2.75) is 38.9 Å². The van der Waals surface area contributed by atoms with Gasteiger partial charge in [-0.05, 0) is 50.5 Å². The Hall–Kier alpha value is -3.03. The maximum Gasteiger partial charge on any atom is 0.494 e. The highest BCUT2D eigenvalue weighted by atomic mass is 16.7. The SMILES string of the molecule is CC1(C)OB(c2ccc(NC=C(C#N)c3nn[nH]n3)c(C=O)c2)OC1(C)C. The van der Waals surface area contributed by atoms with Crippen molar-refractivity contribution in [2.75, 3.05) is 5.32 Å². The zero-order valence-electron chi connectivity index (χ0n) is 15.5. The topological polar surface area (TPSA) is 126 Å². The van der Waals surface area contributed by atoms with Gasteiger partial charge in [0, 0.05) is 17.5 Å². The average Bonchev–Trinajstić information content (AvgIpc) is 3.22. The van der Waals surface area contributed by atoms with E-state index < -0.39 is 18.3 Å². The van der Waals surface area contributed by atoms with Gasteiger partial charge in [-0.2, -0.15) is 10.5 Å². The standard InChI is InChI=1S/C17H19BN6O3/c1-16(2)17(3,4)27-18(26-16)13-5-6-14(11(7-13)10-25)20-9-12(8-19)15-21-23-24-22-15/h5-7,9-10,20H,1-4H3,(H,21,22,23,24). The molecule has 3 rings (SSSR count). The van der Waals surface area contributed by atoms with Crippen LogP contribution >= 0.6 is 0 Å². The number of benzene rings is 1. The molecule has 0 radical (unpaired) electrons. The molecule has 1 aromatic carbocycles. The normalized spacial score (nSPS) is 18.2. The number of aldehydes is 1. The molecule has 0 saturated carbocycles. The van der Waals surface area contributed by atoms with Crippen LogP contribution in [0.2, 0.25) is 0 Å². The van der Waals surface area contributed by atoms with Crippen LogP contribution in [0.3, 0.4) is 0 Å². The molecule has 138 valence electrons. The molecule has 2 heterocycles. The van der Waals surface area contributed by atoms with Gasteiger partial charge in [0.25, 0.3) is 0 Å². The molecule has 1 saturated heterocycles. The number of carbonyl (C=O) groups is 1. The first-order chi connectivity index (χ1) is 12.8. The first-order valence-electron chi connectivity index (χ1n) is 8.33. The fraction of sp³-hybridized carbons (Fsp3) is 0.353. The lowest BCUT2D eigenvalue weighted by Crippen LogP contribution is -2.41. The van der Waals surface area contributed by atoms with Gasteiger partial charge in [-0.1, -0.05) is 6.07 Å². The summed E-state index contributed by atoms with van der Waals surface area (Å²) in [4.78, 5) is 11.5. The average molecular weight is 366 g/mol. The van der Waals surface area contributed by atoms with E-state index in [2.05, 4.69) is 25.9 Å². The van der Waals surface area contributed by atoms with Crippen LogP contribution in [-0.4, -0.2) is 45.2 Å². The van der Waals surface area contributed by atoms with Crippen molar-refractivity contribution in [1.82, 2.24) is 20.6 Å². The van der Waals surface area contributed by atoms with Crippen molar-refractivity contribution >= 4 is 30.1 Å². The molecule has 2 aromatic rings. The zero-order valence-corrected chi connectivity index (χ0v) is 15.5. The monoisotopic (exact) mass is 366 g/mol. The summed E-state index contributed by atoms with van der Waals surface area (Å²) in [5.41, 5.74) is 0.917. The summed E-state index contributed by atoms with van der Waals surface area (Å²) in [6, 6.07) is 7.21. The van der Waals surface area contributed by atoms with Crippen LogP contribution in [0.1, 0.15) is 43.9 Å². The van der Waals surface area contributed by atoms with Crippen molar-refractivity contribution in [3.05, 3.63) is 35.8 Å². The lowest BCUT2D eigenvalue weighted by atomic mass is 9.78. The summed E-state index contributed by atoms with van der Waals surface area (Å²) in [6.45, 7) is 7.87. The van der Waals surface area contributed by atoms with E-state index in [1.165, 1.54) is 6.20 Å². The molecule has 0 amide bonds. The predicted octanol–water partition coefficient (Wildman–Crippen LogP) is 1.29. The van der Waals surface area contributed by atoms with Crippen LogP contribution in [0.4, 0.5) is 5.69 Å². The summed E-state index contributed by atoms with van der Waals surface area (Å²) in [7, 11) is -0.563. The summed E-state index contributed by atoms with van der Waals surface area (Å²) in [6.07, 6.45) is 2.15. The van der Waals surface area contributed by atoms with Gasteiger partial charge in [-0.15, -0.1) is 10.2 Å². The van der Waals surface area contributed by atoms with Crippen LogP contribution in [0.25, 0.3) is 5.57 Å². The third-order valence-electron chi connectivity index (χ3n) is 4.81. The third kappa shape index (κ3) is 3.60. The Morgan fingerprint density at radius 3 is 2.56 bits per heavy atom. The van der Waals surface area contributed by atoms with Crippen LogP contribution in [0.5, 0.6) is 0 Å². The lowest BCUT2D eigenvalue weighted by Gasteiger charge is -2.32. The largest absolute Gasteiger partial charge is 0.494 e. The van der Waals surface area contributed by atoms with Gasteiger partial charge in [0.05, 0.1) is 11.2 Å². The molecule has 1 aliphatic heterocycles. The van der Waals surface area contributed by atoms with E-state index >= 15 is 0 Å². The lowest BCUT2D eigenvalue weighted by molar-refractivity contribution is 0.00578. The molecule has 9 nitrogen and oxygen atoms in total. The Balaban J connectivity index is 1.84. The van der Waals surface area contributed by atoms with Crippen molar-refractivity contribution < 1.29 is 14.1 Å². The first kappa shape index (κ1) is 18.8.